The predicted molar refractivity (Wildman–Crippen MR) is 120 cm³/mol. The first-order valence-electron chi connectivity index (χ1n) is 9.91. The Hall–Kier alpha value is -3.87. The molecule has 160 valence electrons. The van der Waals surface area contributed by atoms with Crippen LogP contribution in [0.25, 0.3) is 0 Å². The summed E-state index contributed by atoms with van der Waals surface area (Å²) in [5.74, 6) is 0.596. The van der Waals surface area contributed by atoms with E-state index in [0.29, 0.717) is 30.2 Å². The molecule has 0 saturated heterocycles. The van der Waals surface area contributed by atoms with E-state index in [-0.39, 0.29) is 11.1 Å². The number of ether oxygens (including phenoxy) is 2. The second-order valence-electron chi connectivity index (χ2n) is 6.90. The molecule has 7 heteroatoms. The predicted octanol–water partition coefficient (Wildman–Crippen LogP) is 3.53. The number of hydrogen-bond donors (Lipinski definition) is 1. The van der Waals surface area contributed by atoms with Crippen molar-refractivity contribution in [2.75, 3.05) is 7.11 Å². The fourth-order valence-electron chi connectivity index (χ4n) is 2.92. The van der Waals surface area contributed by atoms with E-state index in [0.717, 1.165) is 5.56 Å². The number of carbonyl (C=O) groups excluding carboxylic acids is 1. The highest BCUT2D eigenvalue weighted by molar-refractivity contribution is 5.94. The number of hydrogen-bond acceptors (Lipinski definition) is 5. The standard InChI is InChI=1S/C24H25N3O4/c1-4-27-13-5-6-20(24(27)29)23(28)26-25-15-19-11-12-21(30-3)22(14-19)31-16-18-9-7-17(2)8-10-18/h5-15H,4,16H2,1-3H3,(H,26,28)/b25-15-. The van der Waals surface area contributed by atoms with E-state index in [2.05, 4.69) is 10.5 Å². The van der Waals surface area contributed by atoms with Gasteiger partial charge < -0.3 is 14.0 Å². The van der Waals surface area contributed by atoms with Crippen LogP contribution in [0.15, 0.2) is 70.7 Å². The lowest BCUT2D eigenvalue weighted by atomic mass is 10.1. The third-order valence-electron chi connectivity index (χ3n) is 4.69. The van der Waals surface area contributed by atoms with E-state index in [9.17, 15) is 9.59 Å². The number of nitrogens with zero attached hydrogens (tertiary/aromatic N) is 2. The summed E-state index contributed by atoms with van der Waals surface area (Å²) in [5.41, 5.74) is 5.02. The minimum atomic E-state index is -0.562. The highest BCUT2D eigenvalue weighted by Gasteiger charge is 2.11. The van der Waals surface area contributed by atoms with Crippen LogP contribution in [0.3, 0.4) is 0 Å². The summed E-state index contributed by atoms with van der Waals surface area (Å²) in [5, 5.41) is 3.97. The highest BCUT2D eigenvalue weighted by atomic mass is 16.5. The molecule has 3 rings (SSSR count). The van der Waals surface area contributed by atoms with Crippen molar-refractivity contribution in [3.05, 3.63) is 93.4 Å². The number of aromatic nitrogens is 1. The first-order chi connectivity index (χ1) is 15.0. The Morgan fingerprint density at radius 3 is 2.61 bits per heavy atom. The molecule has 0 fully saturated rings. The lowest BCUT2D eigenvalue weighted by molar-refractivity contribution is 0.0953. The topological polar surface area (TPSA) is 81.9 Å². The molecule has 0 aliphatic heterocycles. The number of rotatable bonds is 8. The quantitative estimate of drug-likeness (QED) is 0.447. The third kappa shape index (κ3) is 5.60. The number of nitrogens with one attached hydrogen (secondary N) is 1. The molecule has 1 amide bonds. The van der Waals surface area contributed by atoms with Crippen molar-refractivity contribution >= 4 is 12.1 Å². The van der Waals surface area contributed by atoms with Gasteiger partial charge in [0.25, 0.3) is 11.5 Å². The minimum absolute atomic E-state index is 0.0401. The number of methoxy groups -OCH3 is 1. The average Bonchev–Trinajstić information content (AvgIpc) is 2.79. The Morgan fingerprint density at radius 1 is 1.13 bits per heavy atom. The summed E-state index contributed by atoms with van der Waals surface area (Å²) < 4.78 is 12.7. The Morgan fingerprint density at radius 2 is 1.90 bits per heavy atom. The van der Waals surface area contributed by atoms with Crippen LogP contribution in [-0.4, -0.2) is 23.8 Å². The number of hydrazone groups is 1. The van der Waals surface area contributed by atoms with Gasteiger partial charge in [0, 0.05) is 12.7 Å². The molecule has 1 N–H and O–H groups in total. The van der Waals surface area contributed by atoms with E-state index in [1.807, 2.05) is 38.1 Å². The molecule has 31 heavy (non-hydrogen) atoms. The van der Waals surface area contributed by atoms with Crippen LogP contribution >= 0.6 is 0 Å². The largest absolute Gasteiger partial charge is 0.493 e. The summed E-state index contributed by atoms with van der Waals surface area (Å²) in [7, 11) is 1.57. The van der Waals surface area contributed by atoms with Gasteiger partial charge in [-0.2, -0.15) is 5.10 Å². The SMILES string of the molecule is CCn1cccc(C(=O)N/N=C\c2ccc(OC)c(OCc3ccc(C)cc3)c2)c1=O. The molecule has 0 radical (unpaired) electrons. The van der Waals surface area contributed by atoms with Crippen molar-refractivity contribution in [3.8, 4) is 11.5 Å². The van der Waals surface area contributed by atoms with Gasteiger partial charge in [-0.1, -0.05) is 29.8 Å². The lowest BCUT2D eigenvalue weighted by Gasteiger charge is -2.11. The molecular formula is C24H25N3O4. The first-order valence-corrected chi connectivity index (χ1v) is 9.91. The monoisotopic (exact) mass is 419 g/mol. The minimum Gasteiger partial charge on any atom is -0.493 e. The summed E-state index contributed by atoms with van der Waals surface area (Å²) in [4.78, 5) is 24.5. The van der Waals surface area contributed by atoms with Crippen LogP contribution in [-0.2, 0) is 13.2 Å². The summed E-state index contributed by atoms with van der Waals surface area (Å²) in [6, 6.07) is 16.6. The van der Waals surface area contributed by atoms with E-state index in [1.165, 1.54) is 22.4 Å². The van der Waals surface area contributed by atoms with Crippen molar-refractivity contribution in [2.24, 2.45) is 5.10 Å². The molecule has 0 saturated carbocycles. The summed E-state index contributed by atoms with van der Waals surface area (Å²) in [6.07, 6.45) is 3.12. The zero-order chi connectivity index (χ0) is 22.2. The van der Waals surface area contributed by atoms with Crippen LogP contribution < -0.4 is 20.5 Å². The molecule has 3 aromatic rings. The van der Waals surface area contributed by atoms with E-state index >= 15 is 0 Å². The number of pyridine rings is 1. The average molecular weight is 419 g/mol. The molecule has 7 nitrogen and oxygen atoms in total. The fourth-order valence-corrected chi connectivity index (χ4v) is 2.92. The molecule has 0 spiro atoms. The van der Waals surface area contributed by atoms with Gasteiger partial charge in [0.2, 0.25) is 0 Å². The van der Waals surface area contributed by atoms with Gasteiger partial charge in [0.15, 0.2) is 11.5 Å². The number of carbonyl (C=O) groups is 1. The second-order valence-corrected chi connectivity index (χ2v) is 6.90. The molecule has 1 aromatic heterocycles. The number of benzene rings is 2. The van der Waals surface area contributed by atoms with Gasteiger partial charge in [0.1, 0.15) is 12.2 Å². The van der Waals surface area contributed by atoms with Gasteiger partial charge in [-0.25, -0.2) is 5.43 Å². The molecule has 0 unspecified atom stereocenters. The molecule has 0 aliphatic carbocycles. The maximum atomic E-state index is 12.3. The zero-order valence-corrected chi connectivity index (χ0v) is 17.8. The normalized spacial score (nSPS) is 10.8. The molecule has 2 aromatic carbocycles. The zero-order valence-electron chi connectivity index (χ0n) is 17.8. The van der Waals surface area contributed by atoms with Crippen LogP contribution in [0.2, 0.25) is 0 Å². The van der Waals surface area contributed by atoms with Gasteiger partial charge in [-0.15, -0.1) is 0 Å². The molecule has 0 bridgehead atoms. The van der Waals surface area contributed by atoms with Gasteiger partial charge in [0.05, 0.1) is 13.3 Å². The van der Waals surface area contributed by atoms with Crippen molar-refractivity contribution in [3.63, 3.8) is 0 Å². The van der Waals surface area contributed by atoms with Crippen LogP contribution in [0.1, 0.15) is 34.0 Å². The fraction of sp³-hybridized carbons (Fsp3) is 0.208. The Bertz CT molecular complexity index is 1130. The highest BCUT2D eigenvalue weighted by Crippen LogP contribution is 2.28. The summed E-state index contributed by atoms with van der Waals surface area (Å²) >= 11 is 0. The smallest absolute Gasteiger partial charge is 0.276 e. The van der Waals surface area contributed by atoms with Crippen molar-refractivity contribution < 1.29 is 14.3 Å². The van der Waals surface area contributed by atoms with Crippen LogP contribution in [0.5, 0.6) is 11.5 Å². The lowest BCUT2D eigenvalue weighted by Crippen LogP contribution is -2.30. The summed E-state index contributed by atoms with van der Waals surface area (Å²) in [6.45, 7) is 4.75. The van der Waals surface area contributed by atoms with Gasteiger partial charge >= 0.3 is 0 Å². The van der Waals surface area contributed by atoms with E-state index in [1.54, 1.807) is 37.6 Å². The van der Waals surface area contributed by atoms with Crippen LogP contribution in [0, 0.1) is 6.92 Å². The molecule has 0 aliphatic rings. The van der Waals surface area contributed by atoms with E-state index in [4.69, 9.17) is 9.47 Å². The Kier molecular flexibility index (Phi) is 7.22. The van der Waals surface area contributed by atoms with Gasteiger partial charge in [-0.05, 0) is 55.3 Å². The van der Waals surface area contributed by atoms with Crippen molar-refractivity contribution in [1.82, 2.24) is 9.99 Å². The Labute approximate surface area is 180 Å². The van der Waals surface area contributed by atoms with Gasteiger partial charge in [-0.3, -0.25) is 9.59 Å². The first kappa shape index (κ1) is 21.8. The maximum Gasteiger partial charge on any atom is 0.276 e. The van der Waals surface area contributed by atoms with Crippen molar-refractivity contribution in [2.45, 2.75) is 27.0 Å². The third-order valence-corrected chi connectivity index (χ3v) is 4.69. The van der Waals surface area contributed by atoms with Crippen LogP contribution in [0.4, 0.5) is 0 Å². The second kappa shape index (κ2) is 10.2. The van der Waals surface area contributed by atoms with Crippen molar-refractivity contribution in [1.29, 1.82) is 0 Å². The molecule has 1 heterocycles. The van der Waals surface area contributed by atoms with E-state index < -0.39 is 5.91 Å². The number of amides is 1. The number of aryl methyl sites for hydroxylation is 2. The Balaban J connectivity index is 1.69. The molecule has 0 atom stereocenters. The maximum absolute atomic E-state index is 12.3. The molecular weight excluding hydrogens is 394 g/mol.